The summed E-state index contributed by atoms with van der Waals surface area (Å²) in [4.78, 5) is 12.9. The van der Waals surface area contributed by atoms with Crippen molar-refractivity contribution in [2.45, 2.75) is 41.4 Å². The lowest BCUT2D eigenvalue weighted by Crippen LogP contribution is -2.26. The summed E-state index contributed by atoms with van der Waals surface area (Å²) in [6.45, 7) is 1.68. The number of hydrogen-bond donors (Lipinski definition) is 2. The average molecular weight is 412 g/mol. The number of halogens is 2. The maximum Gasteiger partial charge on any atom is 0.288 e. The van der Waals surface area contributed by atoms with Crippen LogP contribution in [0.3, 0.4) is 0 Å². The van der Waals surface area contributed by atoms with Gasteiger partial charge in [-0.15, -0.1) is 0 Å². The van der Waals surface area contributed by atoms with Crippen molar-refractivity contribution in [3.8, 4) is 0 Å². The van der Waals surface area contributed by atoms with Gasteiger partial charge in [0, 0.05) is 16.5 Å². The van der Waals surface area contributed by atoms with E-state index >= 15 is 0 Å². The third-order valence-electron chi connectivity index (χ3n) is 4.01. The highest BCUT2D eigenvalue weighted by Crippen LogP contribution is 2.32. The molecule has 0 heterocycles. The Kier molecular flexibility index (Phi) is 5.83. The van der Waals surface area contributed by atoms with Crippen LogP contribution >= 0.6 is 11.8 Å². The topological polar surface area (TPSA) is 75.3 Å². The minimum atomic E-state index is -3.70. The second-order valence-electron chi connectivity index (χ2n) is 6.20. The number of anilines is 1. The Morgan fingerprint density at radius 1 is 1.19 bits per heavy atom. The molecule has 1 fully saturated rings. The second kappa shape index (κ2) is 7.95. The van der Waals surface area contributed by atoms with E-state index in [0.717, 1.165) is 12.8 Å². The molecule has 5 nitrogen and oxygen atoms in total. The number of carbonyl (C=O) groups is 1. The van der Waals surface area contributed by atoms with Crippen LogP contribution in [-0.2, 0) is 10.0 Å². The minimum absolute atomic E-state index is 0.000362. The molecule has 9 heteroatoms. The van der Waals surface area contributed by atoms with Crippen LogP contribution < -0.4 is 10.0 Å². The van der Waals surface area contributed by atoms with Crippen molar-refractivity contribution >= 4 is 33.4 Å². The predicted molar refractivity (Wildman–Crippen MR) is 101 cm³/mol. The first kappa shape index (κ1) is 19.8. The summed E-state index contributed by atoms with van der Waals surface area (Å²) in [5, 5.41) is 2.60. The van der Waals surface area contributed by atoms with E-state index in [1.165, 1.54) is 24.3 Å². The van der Waals surface area contributed by atoms with Crippen LogP contribution in [0, 0.1) is 6.92 Å². The van der Waals surface area contributed by atoms with E-state index in [1.54, 1.807) is 25.1 Å². The first-order chi connectivity index (χ1) is 12.8. The number of aryl methyl sites for hydroxylation is 1. The molecular weight excluding hydrogens is 394 g/mol. The maximum atomic E-state index is 12.7. The van der Waals surface area contributed by atoms with Crippen LogP contribution in [0.4, 0.5) is 14.5 Å². The Balaban J connectivity index is 1.86. The number of para-hydroxylation sites is 1. The molecular formula is C18H18F2N2O3S2. The van der Waals surface area contributed by atoms with Gasteiger partial charge in [-0.3, -0.25) is 4.79 Å². The lowest BCUT2D eigenvalue weighted by molar-refractivity contribution is 0.102. The Labute approximate surface area is 160 Å². The predicted octanol–water partition coefficient (Wildman–Crippen LogP) is 4.00. The zero-order valence-electron chi connectivity index (χ0n) is 14.4. The van der Waals surface area contributed by atoms with E-state index in [9.17, 15) is 22.0 Å². The van der Waals surface area contributed by atoms with Gasteiger partial charge in [0.25, 0.3) is 11.7 Å². The highest BCUT2D eigenvalue weighted by molar-refractivity contribution is 7.99. The monoisotopic (exact) mass is 412 g/mol. The molecule has 2 N–H and O–H groups in total. The molecule has 0 bridgehead atoms. The van der Waals surface area contributed by atoms with Gasteiger partial charge < -0.3 is 5.32 Å². The Morgan fingerprint density at radius 2 is 1.89 bits per heavy atom. The van der Waals surface area contributed by atoms with Crippen molar-refractivity contribution in [3.63, 3.8) is 0 Å². The molecule has 0 saturated heterocycles. The fourth-order valence-corrected chi connectivity index (χ4v) is 4.39. The quantitative estimate of drug-likeness (QED) is 0.674. The lowest BCUT2D eigenvalue weighted by atomic mass is 10.1. The molecule has 0 spiro atoms. The number of alkyl halides is 2. The van der Waals surface area contributed by atoms with Crippen LogP contribution in [0.5, 0.6) is 0 Å². The first-order valence-corrected chi connectivity index (χ1v) is 10.6. The smallest absolute Gasteiger partial charge is 0.288 e. The highest BCUT2D eigenvalue weighted by Gasteiger charge is 2.28. The van der Waals surface area contributed by atoms with Crippen LogP contribution in [-0.4, -0.2) is 26.1 Å². The number of nitrogens with one attached hydrogen (secondary N) is 2. The molecule has 1 aliphatic rings. The summed E-state index contributed by atoms with van der Waals surface area (Å²) in [6.07, 6.45) is 1.61. The van der Waals surface area contributed by atoms with Crippen LogP contribution in [0.2, 0.25) is 0 Å². The summed E-state index contributed by atoms with van der Waals surface area (Å²) in [6, 6.07) is 10.5. The standard InChI is InChI=1S/C18H18F2N2O3S2/c1-11-6-9-13(27(24,25)22-12-7-8-12)10-14(11)17(23)21-15-4-2-3-5-16(15)26-18(19)20/h2-6,9-10,12,18,22H,7-8H2,1H3,(H,21,23). The minimum Gasteiger partial charge on any atom is -0.321 e. The molecule has 27 heavy (non-hydrogen) atoms. The summed E-state index contributed by atoms with van der Waals surface area (Å²) in [5.41, 5.74) is 0.999. The Morgan fingerprint density at radius 3 is 2.56 bits per heavy atom. The third-order valence-corrected chi connectivity index (χ3v) is 6.32. The van der Waals surface area contributed by atoms with Crippen LogP contribution in [0.1, 0.15) is 28.8 Å². The van der Waals surface area contributed by atoms with Gasteiger partial charge in [0.05, 0.1) is 10.6 Å². The van der Waals surface area contributed by atoms with Gasteiger partial charge in [0.2, 0.25) is 10.0 Å². The molecule has 3 rings (SSSR count). The molecule has 1 saturated carbocycles. The summed E-state index contributed by atoms with van der Waals surface area (Å²) >= 11 is 0.334. The molecule has 2 aromatic carbocycles. The fraction of sp³-hybridized carbons (Fsp3) is 0.278. The zero-order valence-corrected chi connectivity index (χ0v) is 16.0. The second-order valence-corrected chi connectivity index (χ2v) is 8.95. The van der Waals surface area contributed by atoms with Gasteiger partial charge in [-0.2, -0.15) is 8.78 Å². The highest BCUT2D eigenvalue weighted by atomic mass is 32.2. The summed E-state index contributed by atoms with van der Waals surface area (Å²) in [5.74, 6) is -3.18. The SMILES string of the molecule is Cc1ccc(S(=O)(=O)NC2CC2)cc1C(=O)Nc1ccccc1SC(F)F. The van der Waals surface area contributed by atoms with Gasteiger partial charge in [-0.05, 0) is 49.6 Å². The van der Waals surface area contributed by atoms with Gasteiger partial charge in [0.15, 0.2) is 0 Å². The summed E-state index contributed by atoms with van der Waals surface area (Å²) < 4.78 is 52.7. The molecule has 0 unspecified atom stereocenters. The molecule has 1 aliphatic carbocycles. The number of carbonyl (C=O) groups excluding carboxylic acids is 1. The molecule has 2 aromatic rings. The zero-order chi connectivity index (χ0) is 19.6. The van der Waals surface area contributed by atoms with E-state index < -0.39 is 21.7 Å². The van der Waals surface area contributed by atoms with E-state index in [-0.39, 0.29) is 27.1 Å². The molecule has 144 valence electrons. The van der Waals surface area contributed by atoms with Gasteiger partial charge in [0.1, 0.15) is 0 Å². The van der Waals surface area contributed by atoms with Crippen molar-refractivity contribution in [1.82, 2.24) is 4.72 Å². The third kappa shape index (κ3) is 5.06. The number of thioether (sulfide) groups is 1. The summed E-state index contributed by atoms with van der Waals surface area (Å²) in [7, 11) is -3.70. The Hall–Kier alpha value is -1.97. The first-order valence-electron chi connectivity index (χ1n) is 8.24. The van der Waals surface area contributed by atoms with Crippen molar-refractivity contribution in [1.29, 1.82) is 0 Å². The molecule has 0 atom stereocenters. The van der Waals surface area contributed by atoms with Crippen LogP contribution in [0.25, 0.3) is 0 Å². The van der Waals surface area contributed by atoms with Crippen molar-refractivity contribution in [2.75, 3.05) is 5.32 Å². The number of sulfonamides is 1. The van der Waals surface area contributed by atoms with Crippen molar-refractivity contribution in [2.24, 2.45) is 0 Å². The molecule has 0 aromatic heterocycles. The van der Waals surface area contributed by atoms with Gasteiger partial charge >= 0.3 is 0 Å². The van der Waals surface area contributed by atoms with Gasteiger partial charge in [-0.1, -0.05) is 30.0 Å². The van der Waals surface area contributed by atoms with E-state index in [1.807, 2.05) is 0 Å². The Bertz CT molecular complexity index is 961. The number of hydrogen-bond acceptors (Lipinski definition) is 4. The van der Waals surface area contributed by atoms with E-state index in [4.69, 9.17) is 0 Å². The van der Waals surface area contributed by atoms with Crippen LogP contribution in [0.15, 0.2) is 52.3 Å². The number of amides is 1. The molecule has 0 radical (unpaired) electrons. The lowest BCUT2D eigenvalue weighted by Gasteiger charge is -2.13. The average Bonchev–Trinajstić information content (AvgIpc) is 3.39. The maximum absolute atomic E-state index is 12.7. The van der Waals surface area contributed by atoms with E-state index in [0.29, 0.717) is 17.3 Å². The number of benzene rings is 2. The molecule has 1 amide bonds. The van der Waals surface area contributed by atoms with E-state index in [2.05, 4.69) is 10.0 Å². The van der Waals surface area contributed by atoms with Crippen molar-refractivity contribution < 1.29 is 22.0 Å². The molecule has 0 aliphatic heterocycles. The largest absolute Gasteiger partial charge is 0.321 e. The fourth-order valence-electron chi connectivity index (χ4n) is 2.46. The van der Waals surface area contributed by atoms with Crippen molar-refractivity contribution in [3.05, 3.63) is 53.6 Å². The van der Waals surface area contributed by atoms with Gasteiger partial charge in [-0.25, -0.2) is 13.1 Å². The normalized spacial score (nSPS) is 14.4. The number of rotatable bonds is 7.